The fraction of sp³-hybridized carbons (Fsp3) is 0.389. The van der Waals surface area contributed by atoms with Crippen LogP contribution in [0.25, 0.3) is 0 Å². The highest BCUT2D eigenvalue weighted by Crippen LogP contribution is 2.29. The summed E-state index contributed by atoms with van der Waals surface area (Å²) in [7, 11) is 0. The molecule has 7 heteroatoms. The van der Waals surface area contributed by atoms with Gasteiger partial charge in [-0.15, -0.1) is 0 Å². The average Bonchev–Trinajstić information content (AvgIpc) is 2.77. The molecule has 2 rings (SSSR count). The van der Waals surface area contributed by atoms with Crippen molar-refractivity contribution in [1.29, 1.82) is 0 Å². The Labute approximate surface area is 152 Å². The molecular formula is C18H22ClN3O3. The minimum atomic E-state index is -1.21. The Kier molecular flexibility index (Phi) is 5.52. The van der Waals surface area contributed by atoms with Crippen molar-refractivity contribution < 1.29 is 14.4 Å². The van der Waals surface area contributed by atoms with Crippen LogP contribution in [0, 0.1) is 0 Å². The minimum absolute atomic E-state index is 0.297. The summed E-state index contributed by atoms with van der Waals surface area (Å²) in [6.07, 6.45) is 0. The Morgan fingerprint density at radius 2 is 1.92 bits per heavy atom. The van der Waals surface area contributed by atoms with Crippen LogP contribution in [-0.4, -0.2) is 47.3 Å². The number of amides is 4. The van der Waals surface area contributed by atoms with Gasteiger partial charge in [-0.05, 0) is 38.5 Å². The second-order valence-electron chi connectivity index (χ2n) is 6.32. The van der Waals surface area contributed by atoms with E-state index < -0.39 is 17.5 Å². The Bertz CT molecular complexity index is 717. The lowest BCUT2D eigenvalue weighted by molar-refractivity contribution is -0.138. The lowest BCUT2D eigenvalue weighted by Gasteiger charge is -2.24. The molecule has 4 amide bonds. The van der Waals surface area contributed by atoms with Gasteiger partial charge in [0.15, 0.2) is 0 Å². The van der Waals surface area contributed by atoms with Crippen molar-refractivity contribution >= 4 is 29.4 Å². The lowest BCUT2D eigenvalue weighted by atomic mass is 9.92. The van der Waals surface area contributed by atoms with E-state index in [1.54, 1.807) is 36.1 Å². The molecule has 0 aromatic heterocycles. The largest absolute Gasteiger partial charge is 0.337 e. The Hall–Kier alpha value is -2.34. The average molecular weight is 364 g/mol. The zero-order chi connectivity index (χ0) is 18.8. The number of nitrogens with one attached hydrogen (secondary N) is 1. The number of likely N-dealkylation sites (N-methyl/N-ethyl adjacent to an activating group) is 1. The molecule has 1 aromatic rings. The van der Waals surface area contributed by atoms with Crippen molar-refractivity contribution in [2.75, 3.05) is 19.6 Å². The molecule has 1 N–H and O–H groups in total. The number of hydrogen-bond donors (Lipinski definition) is 1. The van der Waals surface area contributed by atoms with Crippen molar-refractivity contribution in [1.82, 2.24) is 15.1 Å². The first-order valence-electron chi connectivity index (χ1n) is 8.01. The molecule has 0 saturated carbocycles. The fourth-order valence-corrected chi connectivity index (χ4v) is 2.88. The van der Waals surface area contributed by atoms with Gasteiger partial charge >= 0.3 is 6.03 Å². The van der Waals surface area contributed by atoms with Gasteiger partial charge in [-0.1, -0.05) is 35.9 Å². The summed E-state index contributed by atoms with van der Waals surface area (Å²) in [5, 5.41) is 3.21. The monoisotopic (exact) mass is 363 g/mol. The third kappa shape index (κ3) is 3.85. The zero-order valence-electron chi connectivity index (χ0n) is 14.6. The first-order valence-corrected chi connectivity index (χ1v) is 8.39. The third-order valence-corrected chi connectivity index (χ3v) is 4.44. The predicted octanol–water partition coefficient (Wildman–Crippen LogP) is 2.53. The molecule has 25 heavy (non-hydrogen) atoms. The summed E-state index contributed by atoms with van der Waals surface area (Å²) >= 11 is 5.88. The first-order chi connectivity index (χ1) is 11.7. The van der Waals surface area contributed by atoms with E-state index in [2.05, 4.69) is 11.9 Å². The van der Waals surface area contributed by atoms with Crippen molar-refractivity contribution in [3.8, 4) is 0 Å². The number of nitrogens with zero attached hydrogens (tertiary/aromatic N) is 2. The van der Waals surface area contributed by atoms with E-state index in [0.717, 1.165) is 10.5 Å². The van der Waals surface area contributed by atoms with Gasteiger partial charge < -0.3 is 10.2 Å². The van der Waals surface area contributed by atoms with Crippen LogP contribution in [0.5, 0.6) is 0 Å². The highest BCUT2D eigenvalue weighted by Gasteiger charge is 2.49. The molecule has 0 radical (unpaired) electrons. The van der Waals surface area contributed by atoms with Gasteiger partial charge in [0.25, 0.3) is 5.91 Å². The van der Waals surface area contributed by atoms with Gasteiger partial charge in [-0.2, -0.15) is 0 Å². The summed E-state index contributed by atoms with van der Waals surface area (Å²) in [6.45, 7) is 9.64. The minimum Gasteiger partial charge on any atom is -0.337 e. The zero-order valence-corrected chi connectivity index (χ0v) is 15.4. The van der Waals surface area contributed by atoms with Gasteiger partial charge in [-0.3, -0.25) is 14.5 Å². The van der Waals surface area contributed by atoms with Crippen molar-refractivity contribution in [2.24, 2.45) is 0 Å². The maximum Gasteiger partial charge on any atom is 0.325 e. The van der Waals surface area contributed by atoms with Crippen LogP contribution in [0.2, 0.25) is 5.02 Å². The SMILES string of the molecule is C=C(C)CN(CC)C(=O)CN1C(=O)NC(C)(c2ccc(Cl)cc2)C1=O. The molecule has 6 nitrogen and oxygen atoms in total. The molecule has 1 aromatic carbocycles. The maximum atomic E-state index is 12.8. The summed E-state index contributed by atoms with van der Waals surface area (Å²) in [4.78, 5) is 40.1. The highest BCUT2D eigenvalue weighted by molar-refractivity contribution is 6.30. The molecule has 0 bridgehead atoms. The predicted molar refractivity (Wildman–Crippen MR) is 96.1 cm³/mol. The van der Waals surface area contributed by atoms with Crippen LogP contribution in [0.15, 0.2) is 36.4 Å². The van der Waals surface area contributed by atoms with Crippen LogP contribution < -0.4 is 5.32 Å². The number of halogens is 1. The standard InChI is InChI=1S/C18H22ClN3O3/c1-5-21(10-12(2)3)15(23)11-22-16(24)18(4,20-17(22)25)13-6-8-14(19)9-7-13/h6-9H,2,5,10-11H2,1,3-4H3,(H,20,25). The van der Waals surface area contributed by atoms with Crippen molar-refractivity contribution in [2.45, 2.75) is 26.3 Å². The second kappa shape index (κ2) is 7.27. The Morgan fingerprint density at radius 3 is 2.44 bits per heavy atom. The van der Waals surface area contributed by atoms with Crippen LogP contribution >= 0.6 is 11.6 Å². The summed E-state index contributed by atoms with van der Waals surface area (Å²) in [5.41, 5.74) is 0.228. The normalized spacial score (nSPS) is 19.8. The summed E-state index contributed by atoms with van der Waals surface area (Å²) in [6, 6.07) is 6.10. The van der Waals surface area contributed by atoms with E-state index in [1.807, 2.05) is 13.8 Å². The molecular weight excluding hydrogens is 342 g/mol. The third-order valence-electron chi connectivity index (χ3n) is 4.19. The van der Waals surface area contributed by atoms with E-state index in [9.17, 15) is 14.4 Å². The van der Waals surface area contributed by atoms with E-state index in [4.69, 9.17) is 11.6 Å². The molecule has 1 atom stereocenters. The second-order valence-corrected chi connectivity index (χ2v) is 6.75. The van der Waals surface area contributed by atoms with Gasteiger partial charge in [-0.25, -0.2) is 4.79 Å². The molecule has 134 valence electrons. The Morgan fingerprint density at radius 1 is 1.32 bits per heavy atom. The first kappa shape index (κ1) is 19.0. The summed E-state index contributed by atoms with van der Waals surface area (Å²) < 4.78 is 0. The number of rotatable bonds is 6. The van der Waals surface area contributed by atoms with E-state index in [-0.39, 0.29) is 12.5 Å². The smallest absolute Gasteiger partial charge is 0.325 e. The van der Waals surface area contributed by atoms with Crippen molar-refractivity contribution in [3.05, 3.63) is 47.0 Å². The van der Waals surface area contributed by atoms with Crippen LogP contribution in [0.3, 0.4) is 0 Å². The molecule has 1 saturated heterocycles. The molecule has 1 heterocycles. The number of carbonyl (C=O) groups is 3. The van der Waals surface area contributed by atoms with Gasteiger partial charge in [0, 0.05) is 18.1 Å². The van der Waals surface area contributed by atoms with Gasteiger partial charge in [0.2, 0.25) is 5.91 Å². The number of hydrogen-bond acceptors (Lipinski definition) is 3. The Balaban J connectivity index is 2.19. The molecule has 0 aliphatic carbocycles. The summed E-state index contributed by atoms with van der Waals surface area (Å²) in [5.74, 6) is -0.756. The number of urea groups is 1. The molecule has 1 unspecified atom stereocenters. The number of benzene rings is 1. The van der Waals surface area contributed by atoms with Crippen LogP contribution in [-0.2, 0) is 15.1 Å². The van der Waals surface area contributed by atoms with Crippen LogP contribution in [0.1, 0.15) is 26.3 Å². The fourth-order valence-electron chi connectivity index (χ4n) is 2.76. The van der Waals surface area contributed by atoms with E-state index in [0.29, 0.717) is 23.7 Å². The molecule has 1 aliphatic heterocycles. The van der Waals surface area contributed by atoms with E-state index in [1.165, 1.54) is 0 Å². The lowest BCUT2D eigenvalue weighted by Crippen LogP contribution is -2.44. The van der Waals surface area contributed by atoms with E-state index >= 15 is 0 Å². The molecule has 0 spiro atoms. The quantitative estimate of drug-likeness (QED) is 0.623. The van der Waals surface area contributed by atoms with Gasteiger partial charge in [0.1, 0.15) is 12.1 Å². The van der Waals surface area contributed by atoms with Crippen LogP contribution in [0.4, 0.5) is 4.79 Å². The topological polar surface area (TPSA) is 69.7 Å². The highest BCUT2D eigenvalue weighted by atomic mass is 35.5. The number of carbonyl (C=O) groups excluding carboxylic acids is 3. The number of imide groups is 1. The molecule has 1 aliphatic rings. The maximum absolute atomic E-state index is 12.8. The van der Waals surface area contributed by atoms with Crippen molar-refractivity contribution in [3.63, 3.8) is 0 Å². The molecule has 1 fully saturated rings. The van der Waals surface area contributed by atoms with Gasteiger partial charge in [0.05, 0.1) is 0 Å².